The first-order valence-corrected chi connectivity index (χ1v) is 9.17. The topological polar surface area (TPSA) is 108 Å². The maximum atomic E-state index is 12.7. The Morgan fingerprint density at radius 3 is 2.24 bits per heavy atom. The molecule has 3 aromatic rings. The molecule has 0 atom stereocenters. The molecule has 1 heterocycles. The smallest absolute Gasteiger partial charge is 0.257 e. The maximum Gasteiger partial charge on any atom is 0.257 e. The number of ether oxygens (including phenoxy) is 1. The molecule has 3 N–H and O–H groups in total. The van der Waals surface area contributed by atoms with Crippen LogP contribution in [-0.2, 0) is 4.74 Å². The van der Waals surface area contributed by atoms with Crippen LogP contribution in [0.3, 0.4) is 0 Å². The van der Waals surface area contributed by atoms with Gasteiger partial charge in [0.05, 0.1) is 24.5 Å². The third-order valence-electron chi connectivity index (χ3n) is 4.78. The molecule has 29 heavy (non-hydrogen) atoms. The summed E-state index contributed by atoms with van der Waals surface area (Å²) >= 11 is 0. The molecule has 1 aliphatic heterocycles. The van der Waals surface area contributed by atoms with Crippen molar-refractivity contribution in [1.82, 2.24) is 4.90 Å². The molecule has 1 saturated heterocycles. The number of phenolic OH excluding ortho intramolecular Hbond substituents is 1. The molecule has 1 fully saturated rings. The number of hydrogen-bond acceptors (Lipinski definition) is 7. The van der Waals surface area contributed by atoms with Gasteiger partial charge in [0, 0.05) is 18.8 Å². The van der Waals surface area contributed by atoms with Gasteiger partial charge >= 0.3 is 0 Å². The monoisotopic (exact) mass is 393 g/mol. The number of amides is 1. The highest BCUT2D eigenvalue weighted by Gasteiger charge is 2.25. The molecule has 0 saturated carbocycles. The molecule has 1 aliphatic rings. The Labute approximate surface area is 166 Å². The minimum Gasteiger partial charge on any atom is -0.505 e. The second-order valence-electron chi connectivity index (χ2n) is 6.63. The largest absolute Gasteiger partial charge is 0.505 e. The lowest BCUT2D eigenvalue weighted by molar-refractivity contribution is 0.0301. The fraction of sp³-hybridized carbons (Fsp3) is 0.190. The Morgan fingerprint density at radius 2 is 1.55 bits per heavy atom. The zero-order valence-electron chi connectivity index (χ0n) is 15.5. The predicted octanol–water partition coefficient (Wildman–Crippen LogP) is 1.95. The molecule has 148 valence electrons. The standard InChI is InChI=1S/C21H19N3O5/c25-18-14(21(28)24-9-11-29-12-10-24)7-4-8-15(18)23-17-16(19(26)20(17)27)22-13-5-2-1-3-6-13/h1-8,22-23,25H,9-12H2. The third kappa shape index (κ3) is 3.57. The quantitative estimate of drug-likeness (QED) is 0.449. The summed E-state index contributed by atoms with van der Waals surface area (Å²) in [7, 11) is 0. The van der Waals surface area contributed by atoms with E-state index in [9.17, 15) is 19.5 Å². The highest BCUT2D eigenvalue weighted by molar-refractivity contribution is 5.99. The highest BCUT2D eigenvalue weighted by atomic mass is 16.5. The Kier molecular flexibility index (Phi) is 5.01. The molecule has 0 unspecified atom stereocenters. The zero-order valence-corrected chi connectivity index (χ0v) is 15.5. The van der Waals surface area contributed by atoms with Gasteiger partial charge in [0.25, 0.3) is 16.8 Å². The summed E-state index contributed by atoms with van der Waals surface area (Å²) in [6.45, 7) is 1.78. The predicted molar refractivity (Wildman–Crippen MR) is 109 cm³/mol. The summed E-state index contributed by atoms with van der Waals surface area (Å²) in [6, 6.07) is 13.6. The van der Waals surface area contributed by atoms with Gasteiger partial charge in [-0.3, -0.25) is 14.4 Å². The number of aromatic hydroxyl groups is 1. The van der Waals surface area contributed by atoms with Gasteiger partial charge in [-0.05, 0) is 24.3 Å². The summed E-state index contributed by atoms with van der Waals surface area (Å²) in [5.74, 6) is -0.593. The molecular weight excluding hydrogens is 374 g/mol. The minimum absolute atomic E-state index is 0.0464. The van der Waals surface area contributed by atoms with E-state index in [4.69, 9.17) is 4.74 Å². The number of rotatable bonds is 5. The number of carbonyl (C=O) groups excluding carboxylic acids is 1. The summed E-state index contributed by atoms with van der Waals surface area (Å²) in [5.41, 5.74) is -0.219. The van der Waals surface area contributed by atoms with Crippen LogP contribution in [0.5, 0.6) is 5.75 Å². The first-order valence-electron chi connectivity index (χ1n) is 9.17. The molecule has 4 rings (SSSR count). The number of benzene rings is 2. The molecule has 8 nitrogen and oxygen atoms in total. The van der Waals surface area contributed by atoms with Crippen molar-refractivity contribution >= 4 is 28.7 Å². The minimum atomic E-state index is -0.687. The molecule has 8 heteroatoms. The van der Waals surface area contributed by atoms with Crippen molar-refractivity contribution in [3.63, 3.8) is 0 Å². The Bertz CT molecular complexity index is 1110. The van der Waals surface area contributed by atoms with E-state index in [1.807, 2.05) is 6.07 Å². The van der Waals surface area contributed by atoms with Crippen molar-refractivity contribution < 1.29 is 14.6 Å². The van der Waals surface area contributed by atoms with Crippen molar-refractivity contribution in [3.05, 3.63) is 74.5 Å². The van der Waals surface area contributed by atoms with E-state index in [0.29, 0.717) is 32.0 Å². The van der Waals surface area contributed by atoms with E-state index in [0.717, 1.165) is 0 Å². The number of phenols is 1. The molecule has 0 radical (unpaired) electrons. The number of morpholine rings is 1. The van der Waals surface area contributed by atoms with E-state index in [2.05, 4.69) is 10.6 Å². The number of nitrogens with zero attached hydrogens (tertiary/aromatic N) is 1. The third-order valence-corrected chi connectivity index (χ3v) is 4.78. The molecule has 0 aromatic heterocycles. The first kappa shape index (κ1) is 18.7. The second-order valence-corrected chi connectivity index (χ2v) is 6.63. The lowest BCUT2D eigenvalue weighted by atomic mass is 10.1. The number of para-hydroxylation sites is 2. The SMILES string of the molecule is O=C(c1cccc(Nc2c(Nc3ccccc3)c(=O)c2=O)c1O)N1CCOCC1. The number of anilines is 4. The first-order chi connectivity index (χ1) is 14.1. The van der Waals surface area contributed by atoms with Gasteiger partial charge in [-0.1, -0.05) is 24.3 Å². The lowest BCUT2D eigenvalue weighted by Crippen LogP contribution is -2.40. The number of carbonyl (C=O) groups is 1. The average Bonchev–Trinajstić information content (AvgIpc) is 2.77. The van der Waals surface area contributed by atoms with Gasteiger partial charge in [0.1, 0.15) is 11.4 Å². The molecule has 0 aliphatic carbocycles. The lowest BCUT2D eigenvalue weighted by Gasteiger charge is -2.27. The molecule has 0 bridgehead atoms. The van der Waals surface area contributed by atoms with Gasteiger partial charge < -0.3 is 25.4 Å². The van der Waals surface area contributed by atoms with Crippen LogP contribution in [0.15, 0.2) is 58.1 Å². The van der Waals surface area contributed by atoms with E-state index >= 15 is 0 Å². The van der Waals surface area contributed by atoms with Gasteiger partial charge in [-0.25, -0.2) is 0 Å². The molecular formula is C21H19N3O5. The summed E-state index contributed by atoms with van der Waals surface area (Å²) < 4.78 is 5.25. The van der Waals surface area contributed by atoms with Gasteiger partial charge in [0.2, 0.25) is 0 Å². The van der Waals surface area contributed by atoms with E-state index < -0.39 is 10.9 Å². The summed E-state index contributed by atoms with van der Waals surface area (Å²) in [5, 5.41) is 16.3. The summed E-state index contributed by atoms with van der Waals surface area (Å²) in [4.78, 5) is 38.4. The van der Waals surface area contributed by atoms with Crippen LogP contribution in [0.1, 0.15) is 10.4 Å². The van der Waals surface area contributed by atoms with Crippen LogP contribution in [-0.4, -0.2) is 42.2 Å². The van der Waals surface area contributed by atoms with Crippen molar-refractivity contribution in [2.75, 3.05) is 36.9 Å². The molecule has 0 spiro atoms. The van der Waals surface area contributed by atoms with E-state index in [-0.39, 0.29) is 34.3 Å². The van der Waals surface area contributed by atoms with Crippen LogP contribution in [0.25, 0.3) is 0 Å². The molecule has 1 amide bonds. The number of hydrogen-bond donors (Lipinski definition) is 3. The summed E-state index contributed by atoms with van der Waals surface area (Å²) in [6.07, 6.45) is 0. The van der Waals surface area contributed by atoms with Crippen molar-refractivity contribution in [1.29, 1.82) is 0 Å². The fourth-order valence-electron chi connectivity index (χ4n) is 3.18. The van der Waals surface area contributed by atoms with E-state index in [1.54, 1.807) is 35.2 Å². The number of nitrogens with one attached hydrogen (secondary N) is 2. The van der Waals surface area contributed by atoms with Crippen molar-refractivity contribution in [2.24, 2.45) is 0 Å². The zero-order chi connectivity index (χ0) is 20.4. The average molecular weight is 393 g/mol. The Balaban J connectivity index is 1.59. The molecule has 3 aromatic carbocycles. The Morgan fingerprint density at radius 1 is 0.897 bits per heavy atom. The van der Waals surface area contributed by atoms with Crippen molar-refractivity contribution in [2.45, 2.75) is 0 Å². The normalized spacial score (nSPS) is 14.0. The van der Waals surface area contributed by atoms with Crippen molar-refractivity contribution in [3.8, 4) is 5.75 Å². The van der Waals surface area contributed by atoms with Crippen LogP contribution in [0.4, 0.5) is 22.7 Å². The van der Waals surface area contributed by atoms with Gasteiger partial charge in [-0.15, -0.1) is 0 Å². The van der Waals surface area contributed by atoms with E-state index in [1.165, 1.54) is 12.1 Å². The van der Waals surface area contributed by atoms with Crippen LogP contribution in [0, 0.1) is 0 Å². The highest BCUT2D eigenvalue weighted by Crippen LogP contribution is 2.33. The van der Waals surface area contributed by atoms with Gasteiger partial charge in [0.15, 0.2) is 5.75 Å². The van der Waals surface area contributed by atoms with Crippen LogP contribution in [0.2, 0.25) is 0 Å². The van der Waals surface area contributed by atoms with Gasteiger partial charge in [-0.2, -0.15) is 0 Å². The van der Waals surface area contributed by atoms with Crippen LogP contribution >= 0.6 is 0 Å². The Hall–Kier alpha value is -3.65. The maximum absolute atomic E-state index is 12.7. The fourth-order valence-corrected chi connectivity index (χ4v) is 3.18. The van der Waals surface area contributed by atoms with Crippen LogP contribution < -0.4 is 21.5 Å². The second kappa shape index (κ2) is 7.76.